The number of aryl methyl sites for hydroxylation is 1. The molecule has 1 aromatic carbocycles. The predicted octanol–water partition coefficient (Wildman–Crippen LogP) is 2.13. The molecule has 4 rings (SSSR count). The molecule has 9 heteroatoms. The molecule has 2 heterocycles. The van der Waals surface area contributed by atoms with Crippen molar-refractivity contribution in [3.63, 3.8) is 0 Å². The second-order valence-corrected chi connectivity index (χ2v) is 7.53. The van der Waals surface area contributed by atoms with Gasteiger partial charge in [-0.3, -0.25) is 14.5 Å². The van der Waals surface area contributed by atoms with E-state index in [2.05, 4.69) is 15.4 Å². The van der Waals surface area contributed by atoms with E-state index in [-0.39, 0.29) is 47.7 Å². The zero-order valence-electron chi connectivity index (χ0n) is 16.6. The fourth-order valence-corrected chi connectivity index (χ4v) is 3.79. The highest BCUT2D eigenvalue weighted by Gasteiger charge is 2.44. The van der Waals surface area contributed by atoms with Crippen molar-refractivity contribution in [1.29, 1.82) is 0 Å². The quantitative estimate of drug-likeness (QED) is 0.388. The Morgan fingerprint density at radius 1 is 1.34 bits per heavy atom. The first-order chi connectivity index (χ1) is 13.5. The average molecular weight is 512 g/mol. The van der Waals surface area contributed by atoms with Gasteiger partial charge in [-0.15, -0.1) is 24.0 Å². The molecule has 2 aromatic rings. The van der Waals surface area contributed by atoms with Crippen LogP contribution < -0.4 is 10.2 Å². The molecule has 1 aromatic heterocycles. The molecule has 2 fully saturated rings. The lowest BCUT2D eigenvalue weighted by atomic mass is 9.96. The number of hydrogen-bond donors (Lipinski definition) is 1. The fraction of sp³-hybridized carbons (Fsp3) is 0.450. The van der Waals surface area contributed by atoms with Crippen molar-refractivity contribution in [2.45, 2.75) is 18.3 Å². The second-order valence-electron chi connectivity index (χ2n) is 7.53. The maximum atomic E-state index is 13.6. The maximum absolute atomic E-state index is 13.6. The van der Waals surface area contributed by atoms with Crippen molar-refractivity contribution < 1.29 is 9.18 Å². The van der Waals surface area contributed by atoms with E-state index in [1.165, 1.54) is 6.07 Å². The molecule has 0 spiro atoms. The van der Waals surface area contributed by atoms with E-state index in [0.29, 0.717) is 25.6 Å². The molecule has 0 radical (unpaired) electrons. The Morgan fingerprint density at radius 3 is 2.72 bits per heavy atom. The van der Waals surface area contributed by atoms with E-state index in [4.69, 9.17) is 0 Å². The van der Waals surface area contributed by atoms with Gasteiger partial charge in [-0.25, -0.2) is 4.39 Å². The van der Waals surface area contributed by atoms with Crippen LogP contribution in [0.5, 0.6) is 0 Å². The predicted molar refractivity (Wildman–Crippen MR) is 121 cm³/mol. The Morgan fingerprint density at radius 2 is 2.14 bits per heavy atom. The summed E-state index contributed by atoms with van der Waals surface area (Å²) in [5, 5.41) is 7.55. The minimum absolute atomic E-state index is 0. The van der Waals surface area contributed by atoms with Crippen LogP contribution in [-0.2, 0) is 17.3 Å². The van der Waals surface area contributed by atoms with Crippen molar-refractivity contribution in [2.24, 2.45) is 12.0 Å². The van der Waals surface area contributed by atoms with E-state index in [1.54, 1.807) is 35.0 Å². The summed E-state index contributed by atoms with van der Waals surface area (Å²) in [5.74, 6) is 0.528. The monoisotopic (exact) mass is 512 g/mol. The number of piperazine rings is 1. The third-order valence-electron chi connectivity index (χ3n) is 5.61. The molecule has 1 amide bonds. The summed E-state index contributed by atoms with van der Waals surface area (Å²) in [6.07, 6.45) is 5.59. The molecular formula is C20H26FIN6O. The van der Waals surface area contributed by atoms with Crippen LogP contribution >= 0.6 is 24.0 Å². The molecule has 2 aliphatic rings. The first kappa shape index (κ1) is 21.5. The van der Waals surface area contributed by atoms with Gasteiger partial charge in [0.15, 0.2) is 5.96 Å². The van der Waals surface area contributed by atoms with Crippen molar-refractivity contribution in [3.05, 3.63) is 48.0 Å². The van der Waals surface area contributed by atoms with Gasteiger partial charge in [0.1, 0.15) is 12.4 Å². The summed E-state index contributed by atoms with van der Waals surface area (Å²) < 4.78 is 15.3. The van der Waals surface area contributed by atoms with Crippen LogP contribution in [-0.4, -0.2) is 59.8 Å². The molecule has 0 unspecified atom stereocenters. The maximum Gasteiger partial charge on any atom is 0.246 e. The first-order valence-electron chi connectivity index (χ1n) is 9.51. The van der Waals surface area contributed by atoms with Gasteiger partial charge in [0.25, 0.3) is 0 Å². The standard InChI is InChI=1S/C20H25FN6O.HI/c1-22-19(23-14-20(6-7-20)15-4-3-5-16(21)10-15)26-8-9-27(18(28)13-26)17-11-24-25(2)12-17;/h3-5,10-12H,6-9,13-14H2,1-2H3,(H,22,23);1H. The molecule has 1 saturated carbocycles. The number of guanidine groups is 1. The Kier molecular flexibility index (Phi) is 6.45. The summed E-state index contributed by atoms with van der Waals surface area (Å²) >= 11 is 0. The number of halogens is 2. The Bertz CT molecular complexity index is 910. The molecule has 1 saturated heterocycles. The van der Waals surface area contributed by atoms with E-state index in [1.807, 2.05) is 24.2 Å². The number of anilines is 1. The molecule has 1 N–H and O–H groups in total. The summed E-state index contributed by atoms with van der Waals surface area (Å²) in [4.78, 5) is 20.7. The highest BCUT2D eigenvalue weighted by Crippen LogP contribution is 2.47. The van der Waals surface area contributed by atoms with Crippen LogP contribution in [0.3, 0.4) is 0 Å². The Balaban J connectivity index is 0.00000240. The number of aliphatic imine (C=N–C) groups is 1. The number of rotatable bonds is 4. The van der Waals surface area contributed by atoms with Crippen LogP contribution in [0, 0.1) is 5.82 Å². The van der Waals surface area contributed by atoms with Crippen LogP contribution in [0.25, 0.3) is 0 Å². The number of carbonyl (C=O) groups excluding carboxylic acids is 1. The molecule has 0 atom stereocenters. The molecule has 1 aliphatic carbocycles. The molecule has 156 valence electrons. The number of benzene rings is 1. The van der Waals surface area contributed by atoms with Crippen LogP contribution in [0.2, 0.25) is 0 Å². The van der Waals surface area contributed by atoms with Crippen LogP contribution in [0.4, 0.5) is 10.1 Å². The van der Waals surface area contributed by atoms with Gasteiger partial charge in [-0.05, 0) is 30.5 Å². The normalized spacial score (nSPS) is 18.4. The molecule has 0 bridgehead atoms. The minimum atomic E-state index is -0.203. The summed E-state index contributed by atoms with van der Waals surface area (Å²) in [5.41, 5.74) is 1.80. The number of hydrogen-bond acceptors (Lipinski definition) is 3. The van der Waals surface area contributed by atoms with Gasteiger partial charge >= 0.3 is 0 Å². The largest absolute Gasteiger partial charge is 0.355 e. The van der Waals surface area contributed by atoms with Gasteiger partial charge in [0.2, 0.25) is 5.91 Å². The highest BCUT2D eigenvalue weighted by molar-refractivity contribution is 14.0. The molecule has 29 heavy (non-hydrogen) atoms. The van der Waals surface area contributed by atoms with Crippen molar-refractivity contribution in [1.82, 2.24) is 20.0 Å². The van der Waals surface area contributed by atoms with Crippen molar-refractivity contribution >= 4 is 41.5 Å². The van der Waals surface area contributed by atoms with Crippen molar-refractivity contribution in [2.75, 3.05) is 38.1 Å². The number of carbonyl (C=O) groups is 1. The fourth-order valence-electron chi connectivity index (χ4n) is 3.79. The van der Waals surface area contributed by atoms with Gasteiger partial charge < -0.3 is 15.1 Å². The average Bonchev–Trinajstić information content (AvgIpc) is 3.36. The Hall–Kier alpha value is -2.17. The topological polar surface area (TPSA) is 65.8 Å². The number of nitrogens with one attached hydrogen (secondary N) is 1. The minimum Gasteiger partial charge on any atom is -0.355 e. The van der Waals surface area contributed by atoms with Gasteiger partial charge in [0.05, 0.1) is 11.9 Å². The first-order valence-corrected chi connectivity index (χ1v) is 9.51. The number of nitrogens with zero attached hydrogens (tertiary/aromatic N) is 5. The smallest absolute Gasteiger partial charge is 0.246 e. The molecule has 7 nitrogen and oxygen atoms in total. The molecular weight excluding hydrogens is 486 g/mol. The van der Waals surface area contributed by atoms with E-state index in [0.717, 1.165) is 24.1 Å². The zero-order valence-corrected chi connectivity index (χ0v) is 19.0. The summed E-state index contributed by atoms with van der Waals surface area (Å²) in [6.45, 7) is 2.22. The number of aromatic nitrogens is 2. The van der Waals surface area contributed by atoms with E-state index >= 15 is 0 Å². The van der Waals surface area contributed by atoms with Crippen molar-refractivity contribution in [3.8, 4) is 0 Å². The van der Waals surface area contributed by atoms with Gasteiger partial charge in [0, 0.05) is 45.3 Å². The molecule has 1 aliphatic heterocycles. The second kappa shape index (κ2) is 8.68. The summed E-state index contributed by atoms with van der Waals surface area (Å²) in [6, 6.07) is 6.83. The van der Waals surface area contributed by atoms with E-state index < -0.39 is 0 Å². The zero-order chi connectivity index (χ0) is 19.7. The SMILES string of the molecule is CN=C(NCC1(c2cccc(F)c2)CC1)N1CCN(c2cnn(C)c2)C(=O)C1.I. The summed E-state index contributed by atoms with van der Waals surface area (Å²) in [7, 11) is 3.56. The number of amides is 1. The lowest BCUT2D eigenvalue weighted by molar-refractivity contribution is -0.120. The van der Waals surface area contributed by atoms with Gasteiger partial charge in [-0.1, -0.05) is 12.1 Å². The highest BCUT2D eigenvalue weighted by atomic mass is 127. The van der Waals surface area contributed by atoms with Crippen LogP contribution in [0.15, 0.2) is 41.7 Å². The Labute approximate surface area is 187 Å². The van der Waals surface area contributed by atoms with Crippen LogP contribution in [0.1, 0.15) is 18.4 Å². The lowest BCUT2D eigenvalue weighted by Gasteiger charge is -2.35. The van der Waals surface area contributed by atoms with Gasteiger partial charge in [-0.2, -0.15) is 5.10 Å². The third-order valence-corrected chi connectivity index (χ3v) is 5.61. The lowest BCUT2D eigenvalue weighted by Crippen LogP contribution is -2.56. The third kappa shape index (κ3) is 4.54. The van der Waals surface area contributed by atoms with E-state index in [9.17, 15) is 9.18 Å².